The van der Waals surface area contributed by atoms with Gasteiger partial charge in [-0.05, 0) is 31.0 Å². The molecule has 0 atom stereocenters. The first-order valence-electron chi connectivity index (χ1n) is 7.65. The van der Waals surface area contributed by atoms with Gasteiger partial charge >= 0.3 is 0 Å². The molecular formula is C18H20N4. The maximum Gasteiger partial charge on any atom is 0.225 e. The highest BCUT2D eigenvalue weighted by Gasteiger charge is 2.06. The van der Waals surface area contributed by atoms with Crippen molar-refractivity contribution in [2.24, 2.45) is 0 Å². The summed E-state index contributed by atoms with van der Waals surface area (Å²) < 4.78 is 0. The Labute approximate surface area is 130 Å². The quantitative estimate of drug-likeness (QED) is 0.727. The zero-order chi connectivity index (χ0) is 15.2. The maximum atomic E-state index is 4.59. The van der Waals surface area contributed by atoms with Crippen LogP contribution in [0.3, 0.4) is 0 Å². The van der Waals surface area contributed by atoms with Crippen LogP contribution in [-0.2, 0) is 6.42 Å². The molecule has 4 heteroatoms. The third-order valence-corrected chi connectivity index (χ3v) is 3.49. The lowest BCUT2D eigenvalue weighted by molar-refractivity contribution is 0.989. The Balaban J connectivity index is 1.76. The Morgan fingerprint density at radius 3 is 2.45 bits per heavy atom. The summed E-state index contributed by atoms with van der Waals surface area (Å²) in [6.45, 7) is 3.72. The van der Waals surface area contributed by atoms with Crippen molar-refractivity contribution in [3.63, 3.8) is 0 Å². The largest absolute Gasteiger partial charge is 0.370 e. The highest BCUT2D eigenvalue weighted by molar-refractivity contribution is 5.89. The fraction of sp³-hybridized carbons (Fsp3) is 0.222. The molecule has 1 heterocycles. The molecule has 2 aromatic carbocycles. The van der Waals surface area contributed by atoms with Gasteiger partial charge in [0.05, 0.1) is 5.52 Å². The molecule has 0 spiro atoms. The highest BCUT2D eigenvalue weighted by Crippen LogP contribution is 2.21. The van der Waals surface area contributed by atoms with E-state index in [0.717, 1.165) is 36.2 Å². The average molecular weight is 292 g/mol. The van der Waals surface area contributed by atoms with Gasteiger partial charge < -0.3 is 10.6 Å². The second-order valence-electron chi connectivity index (χ2n) is 5.11. The molecule has 0 saturated heterocycles. The van der Waals surface area contributed by atoms with Gasteiger partial charge in [-0.1, -0.05) is 42.5 Å². The fourth-order valence-corrected chi connectivity index (χ4v) is 2.42. The Morgan fingerprint density at radius 2 is 1.64 bits per heavy atom. The molecule has 0 bridgehead atoms. The Morgan fingerprint density at radius 1 is 0.864 bits per heavy atom. The van der Waals surface area contributed by atoms with Gasteiger partial charge in [-0.15, -0.1) is 0 Å². The molecule has 3 aromatic rings. The van der Waals surface area contributed by atoms with E-state index in [4.69, 9.17) is 0 Å². The van der Waals surface area contributed by atoms with Crippen molar-refractivity contribution < 1.29 is 0 Å². The molecular weight excluding hydrogens is 272 g/mol. The van der Waals surface area contributed by atoms with Gasteiger partial charge in [-0.25, -0.2) is 4.98 Å². The summed E-state index contributed by atoms with van der Waals surface area (Å²) in [5.41, 5.74) is 2.26. The van der Waals surface area contributed by atoms with Gasteiger partial charge in [0.2, 0.25) is 5.95 Å². The summed E-state index contributed by atoms with van der Waals surface area (Å²) in [5.74, 6) is 1.56. The van der Waals surface area contributed by atoms with Crippen LogP contribution in [0.15, 0.2) is 54.6 Å². The SMILES string of the molecule is CCNc1nc(NCCc2ccccc2)nc2ccccc12. The normalized spacial score (nSPS) is 10.6. The van der Waals surface area contributed by atoms with Crippen molar-refractivity contribution in [3.8, 4) is 0 Å². The first kappa shape index (κ1) is 14.3. The Bertz CT molecular complexity index is 740. The summed E-state index contributed by atoms with van der Waals surface area (Å²) in [6, 6.07) is 18.5. The minimum absolute atomic E-state index is 0.672. The van der Waals surface area contributed by atoms with Gasteiger partial charge in [0.15, 0.2) is 0 Å². The summed E-state index contributed by atoms with van der Waals surface area (Å²) in [4.78, 5) is 9.18. The minimum atomic E-state index is 0.672. The van der Waals surface area contributed by atoms with Crippen molar-refractivity contribution in [3.05, 3.63) is 60.2 Å². The fourth-order valence-electron chi connectivity index (χ4n) is 2.42. The first-order chi connectivity index (χ1) is 10.9. The van der Waals surface area contributed by atoms with Crippen LogP contribution in [0, 0.1) is 0 Å². The molecule has 0 unspecified atom stereocenters. The van der Waals surface area contributed by atoms with Crippen LogP contribution in [0.1, 0.15) is 12.5 Å². The number of aromatic nitrogens is 2. The second kappa shape index (κ2) is 6.89. The zero-order valence-electron chi connectivity index (χ0n) is 12.7. The number of nitrogens with zero attached hydrogens (tertiary/aromatic N) is 2. The second-order valence-corrected chi connectivity index (χ2v) is 5.11. The van der Waals surface area contributed by atoms with Crippen molar-refractivity contribution in [2.45, 2.75) is 13.3 Å². The number of rotatable bonds is 6. The number of fused-ring (bicyclic) bond motifs is 1. The van der Waals surface area contributed by atoms with Crippen molar-refractivity contribution in [1.29, 1.82) is 0 Å². The van der Waals surface area contributed by atoms with Crippen LogP contribution >= 0.6 is 0 Å². The predicted octanol–water partition coefficient (Wildman–Crippen LogP) is 3.72. The molecule has 0 radical (unpaired) electrons. The van der Waals surface area contributed by atoms with Crippen LogP contribution in [0.4, 0.5) is 11.8 Å². The summed E-state index contributed by atoms with van der Waals surface area (Å²) in [6.07, 6.45) is 0.952. The van der Waals surface area contributed by atoms with E-state index in [2.05, 4.69) is 51.8 Å². The lowest BCUT2D eigenvalue weighted by Gasteiger charge is -2.10. The molecule has 0 aliphatic rings. The van der Waals surface area contributed by atoms with E-state index in [1.807, 2.05) is 30.3 Å². The van der Waals surface area contributed by atoms with E-state index in [0.29, 0.717) is 5.95 Å². The van der Waals surface area contributed by atoms with Crippen LogP contribution < -0.4 is 10.6 Å². The van der Waals surface area contributed by atoms with Crippen LogP contribution in [0.2, 0.25) is 0 Å². The molecule has 112 valence electrons. The van der Waals surface area contributed by atoms with Gasteiger partial charge in [-0.2, -0.15) is 4.98 Å². The zero-order valence-corrected chi connectivity index (χ0v) is 12.7. The van der Waals surface area contributed by atoms with Gasteiger partial charge in [0.25, 0.3) is 0 Å². The highest BCUT2D eigenvalue weighted by atomic mass is 15.1. The maximum absolute atomic E-state index is 4.59. The standard InChI is InChI=1S/C18H20N4/c1-2-19-17-15-10-6-7-11-16(15)21-18(22-17)20-13-12-14-8-4-3-5-9-14/h3-11H,2,12-13H2,1H3,(H2,19,20,21,22). The smallest absolute Gasteiger partial charge is 0.225 e. The molecule has 0 fully saturated rings. The molecule has 0 saturated carbocycles. The summed E-state index contributed by atoms with van der Waals surface area (Å²) in [5, 5.41) is 7.68. The summed E-state index contributed by atoms with van der Waals surface area (Å²) in [7, 11) is 0. The number of anilines is 2. The van der Waals surface area contributed by atoms with Gasteiger partial charge in [0.1, 0.15) is 5.82 Å². The lowest BCUT2D eigenvalue weighted by atomic mass is 10.1. The topological polar surface area (TPSA) is 49.8 Å². The monoisotopic (exact) mass is 292 g/mol. The molecule has 0 aliphatic heterocycles. The van der Waals surface area contributed by atoms with Crippen LogP contribution in [0.25, 0.3) is 10.9 Å². The molecule has 22 heavy (non-hydrogen) atoms. The Kier molecular flexibility index (Phi) is 4.49. The molecule has 3 rings (SSSR count). The van der Waals surface area contributed by atoms with E-state index >= 15 is 0 Å². The van der Waals surface area contributed by atoms with E-state index < -0.39 is 0 Å². The van der Waals surface area contributed by atoms with E-state index in [1.54, 1.807) is 0 Å². The number of hydrogen-bond acceptors (Lipinski definition) is 4. The van der Waals surface area contributed by atoms with Crippen LogP contribution in [0.5, 0.6) is 0 Å². The van der Waals surface area contributed by atoms with Gasteiger partial charge in [-0.3, -0.25) is 0 Å². The third-order valence-electron chi connectivity index (χ3n) is 3.49. The third kappa shape index (κ3) is 3.34. The number of benzene rings is 2. The molecule has 0 amide bonds. The number of nitrogens with one attached hydrogen (secondary N) is 2. The molecule has 0 aliphatic carbocycles. The molecule has 1 aromatic heterocycles. The van der Waals surface area contributed by atoms with Gasteiger partial charge in [0, 0.05) is 18.5 Å². The number of hydrogen-bond donors (Lipinski definition) is 2. The van der Waals surface area contributed by atoms with E-state index in [1.165, 1.54) is 5.56 Å². The summed E-state index contributed by atoms with van der Waals surface area (Å²) >= 11 is 0. The van der Waals surface area contributed by atoms with Crippen molar-refractivity contribution in [1.82, 2.24) is 9.97 Å². The van der Waals surface area contributed by atoms with Crippen LogP contribution in [-0.4, -0.2) is 23.1 Å². The minimum Gasteiger partial charge on any atom is -0.370 e. The van der Waals surface area contributed by atoms with E-state index in [-0.39, 0.29) is 0 Å². The number of para-hydroxylation sites is 1. The predicted molar refractivity (Wildman–Crippen MR) is 92.3 cm³/mol. The average Bonchev–Trinajstić information content (AvgIpc) is 2.56. The Hall–Kier alpha value is -2.62. The van der Waals surface area contributed by atoms with Crippen molar-refractivity contribution >= 4 is 22.7 Å². The first-order valence-corrected chi connectivity index (χ1v) is 7.65. The van der Waals surface area contributed by atoms with Crippen molar-refractivity contribution in [2.75, 3.05) is 23.7 Å². The molecule has 2 N–H and O–H groups in total. The lowest BCUT2D eigenvalue weighted by Crippen LogP contribution is -2.10. The van der Waals surface area contributed by atoms with E-state index in [9.17, 15) is 0 Å². The molecule has 4 nitrogen and oxygen atoms in total.